The van der Waals surface area contributed by atoms with Gasteiger partial charge in [-0.3, -0.25) is 14.9 Å². The molecule has 4 rings (SSSR count). The summed E-state index contributed by atoms with van der Waals surface area (Å²) in [7, 11) is 4.94. The molecule has 2 aliphatic heterocycles. The molecule has 9 heteroatoms. The Morgan fingerprint density at radius 3 is 2.46 bits per heavy atom. The number of rotatable bonds is 4. The van der Waals surface area contributed by atoms with Crippen molar-refractivity contribution in [3.05, 3.63) is 52.1 Å². The van der Waals surface area contributed by atoms with E-state index in [-0.39, 0.29) is 28.5 Å². The molecule has 35 heavy (non-hydrogen) atoms. The van der Waals surface area contributed by atoms with Crippen molar-refractivity contribution in [1.29, 1.82) is 0 Å². The Kier molecular flexibility index (Phi) is 6.27. The number of benzene rings is 2. The molecule has 0 spiro atoms. The smallest absolute Gasteiger partial charge is 0.336 e. The number of amides is 4. The van der Waals surface area contributed by atoms with Crippen LogP contribution in [0.3, 0.4) is 0 Å². The number of halogens is 1. The second-order valence-electron chi connectivity index (χ2n) is 9.40. The van der Waals surface area contributed by atoms with E-state index in [1.165, 1.54) is 26.4 Å². The second-order valence-corrected chi connectivity index (χ2v) is 9.81. The van der Waals surface area contributed by atoms with Gasteiger partial charge in [0.25, 0.3) is 11.8 Å². The van der Waals surface area contributed by atoms with E-state index in [1.54, 1.807) is 12.1 Å². The quantitative estimate of drug-likeness (QED) is 0.484. The lowest BCUT2D eigenvalue weighted by atomic mass is 9.80. The first-order valence-electron chi connectivity index (χ1n) is 11.2. The van der Waals surface area contributed by atoms with E-state index in [4.69, 9.17) is 21.1 Å². The van der Waals surface area contributed by atoms with Crippen LogP contribution in [-0.4, -0.2) is 44.7 Å². The van der Waals surface area contributed by atoms with Crippen LogP contribution in [0.25, 0.3) is 6.08 Å². The highest BCUT2D eigenvalue weighted by molar-refractivity contribution is 6.40. The molecule has 0 aliphatic carbocycles. The van der Waals surface area contributed by atoms with Crippen LogP contribution in [0.2, 0.25) is 5.02 Å². The zero-order chi connectivity index (χ0) is 25.7. The first kappa shape index (κ1) is 24.6. The molecule has 0 aromatic heterocycles. The summed E-state index contributed by atoms with van der Waals surface area (Å²) in [5.74, 6) is -0.576. The summed E-state index contributed by atoms with van der Waals surface area (Å²) in [5, 5.41) is 2.64. The van der Waals surface area contributed by atoms with Crippen LogP contribution < -0.4 is 24.6 Å². The standard InChI is InChI=1S/C26H28ClN3O5/c1-14-13-26(2,3)29(4)21-12-19(27)15(9-17(14)21)10-18-23(31)28-25(33)30(24(18)32)20-8-7-16(34-5)11-22(20)35-6/h7-12,14H,13H2,1-6H3,(H,28,31,33)/b18-10-. The third kappa shape index (κ3) is 4.23. The van der Waals surface area contributed by atoms with Gasteiger partial charge in [0, 0.05) is 29.4 Å². The van der Waals surface area contributed by atoms with E-state index in [9.17, 15) is 14.4 Å². The van der Waals surface area contributed by atoms with Crippen LogP contribution in [0.15, 0.2) is 35.9 Å². The van der Waals surface area contributed by atoms with Crippen molar-refractivity contribution in [3.8, 4) is 11.5 Å². The van der Waals surface area contributed by atoms with Gasteiger partial charge < -0.3 is 14.4 Å². The van der Waals surface area contributed by atoms with Crippen molar-refractivity contribution < 1.29 is 23.9 Å². The Hall–Kier alpha value is -3.52. The molecule has 184 valence electrons. The van der Waals surface area contributed by atoms with E-state index >= 15 is 0 Å². The number of hydrogen-bond acceptors (Lipinski definition) is 6. The van der Waals surface area contributed by atoms with Crippen molar-refractivity contribution in [1.82, 2.24) is 5.32 Å². The van der Waals surface area contributed by atoms with E-state index in [1.807, 2.05) is 19.2 Å². The van der Waals surface area contributed by atoms with Gasteiger partial charge in [0.05, 0.1) is 19.9 Å². The second kappa shape index (κ2) is 8.92. The molecule has 0 saturated carbocycles. The molecule has 2 aliphatic rings. The van der Waals surface area contributed by atoms with Crippen LogP contribution in [0.5, 0.6) is 11.5 Å². The monoisotopic (exact) mass is 497 g/mol. The van der Waals surface area contributed by atoms with Crippen LogP contribution in [0, 0.1) is 0 Å². The molecule has 2 heterocycles. The fraction of sp³-hybridized carbons (Fsp3) is 0.346. The maximum Gasteiger partial charge on any atom is 0.336 e. The SMILES string of the molecule is COc1ccc(N2C(=O)NC(=O)/C(=C/c3cc4c(cc3Cl)N(C)C(C)(C)CC4C)C2=O)c(OC)c1. The minimum absolute atomic E-state index is 0.0345. The van der Waals surface area contributed by atoms with Gasteiger partial charge in [-0.25, -0.2) is 9.69 Å². The normalized spacial score (nSPS) is 20.6. The van der Waals surface area contributed by atoms with Crippen LogP contribution in [-0.2, 0) is 9.59 Å². The van der Waals surface area contributed by atoms with Crippen molar-refractivity contribution in [2.24, 2.45) is 0 Å². The number of ether oxygens (including phenoxy) is 2. The minimum atomic E-state index is -0.866. The summed E-state index contributed by atoms with van der Waals surface area (Å²) >= 11 is 6.62. The number of barbiturate groups is 1. The summed E-state index contributed by atoms with van der Waals surface area (Å²) in [4.78, 5) is 41.8. The zero-order valence-electron chi connectivity index (χ0n) is 20.6. The Morgan fingerprint density at radius 2 is 1.80 bits per heavy atom. The highest BCUT2D eigenvalue weighted by Gasteiger charge is 2.39. The molecule has 4 amide bonds. The predicted molar refractivity (Wildman–Crippen MR) is 136 cm³/mol. The Bertz CT molecular complexity index is 1270. The Labute approximate surface area is 209 Å². The van der Waals surface area contributed by atoms with E-state index < -0.39 is 17.8 Å². The molecule has 2 aromatic rings. The summed E-state index contributed by atoms with van der Waals surface area (Å²) in [6.07, 6.45) is 2.37. The first-order chi connectivity index (χ1) is 16.5. The fourth-order valence-electron chi connectivity index (χ4n) is 4.72. The first-order valence-corrected chi connectivity index (χ1v) is 11.6. The maximum atomic E-state index is 13.4. The summed E-state index contributed by atoms with van der Waals surface area (Å²) in [6, 6.07) is 7.58. The average Bonchev–Trinajstić information content (AvgIpc) is 2.80. The van der Waals surface area contributed by atoms with Gasteiger partial charge in [-0.15, -0.1) is 0 Å². The molecule has 1 saturated heterocycles. The van der Waals surface area contributed by atoms with Crippen LogP contribution in [0.1, 0.15) is 44.2 Å². The molecule has 1 unspecified atom stereocenters. The number of carbonyl (C=O) groups excluding carboxylic acids is 3. The van der Waals surface area contributed by atoms with Gasteiger partial charge in [0.15, 0.2) is 0 Å². The van der Waals surface area contributed by atoms with Gasteiger partial charge in [0.2, 0.25) is 0 Å². The van der Waals surface area contributed by atoms with E-state index in [0.717, 1.165) is 22.6 Å². The van der Waals surface area contributed by atoms with Crippen molar-refractivity contribution in [3.63, 3.8) is 0 Å². The van der Waals surface area contributed by atoms with Gasteiger partial charge in [0.1, 0.15) is 17.1 Å². The highest BCUT2D eigenvalue weighted by atomic mass is 35.5. The fourth-order valence-corrected chi connectivity index (χ4v) is 4.93. The summed E-state index contributed by atoms with van der Waals surface area (Å²) in [6.45, 7) is 6.51. The molecule has 1 fully saturated rings. The zero-order valence-corrected chi connectivity index (χ0v) is 21.3. The molecular formula is C26H28ClN3O5. The van der Waals surface area contributed by atoms with E-state index in [2.05, 4.69) is 31.0 Å². The number of methoxy groups -OCH3 is 2. The molecule has 8 nitrogen and oxygen atoms in total. The predicted octanol–water partition coefficient (Wildman–Crippen LogP) is 4.75. The van der Waals surface area contributed by atoms with Crippen molar-refractivity contribution in [2.75, 3.05) is 31.1 Å². The lowest BCUT2D eigenvalue weighted by Gasteiger charge is -2.45. The molecule has 2 aromatic carbocycles. The van der Waals surface area contributed by atoms with E-state index in [0.29, 0.717) is 16.3 Å². The number of imide groups is 2. The third-order valence-corrected chi connectivity index (χ3v) is 7.11. The van der Waals surface area contributed by atoms with Crippen molar-refractivity contribution in [2.45, 2.75) is 38.6 Å². The number of nitrogens with one attached hydrogen (secondary N) is 1. The number of anilines is 2. The van der Waals surface area contributed by atoms with Gasteiger partial charge in [-0.05, 0) is 67.7 Å². The van der Waals surface area contributed by atoms with Crippen LogP contribution in [0.4, 0.5) is 16.2 Å². The third-order valence-electron chi connectivity index (χ3n) is 6.78. The van der Waals surface area contributed by atoms with Gasteiger partial charge in [-0.1, -0.05) is 18.5 Å². The molecule has 1 N–H and O–H groups in total. The summed E-state index contributed by atoms with van der Waals surface area (Å²) in [5.41, 5.74) is 2.56. The summed E-state index contributed by atoms with van der Waals surface area (Å²) < 4.78 is 10.5. The molecule has 0 bridgehead atoms. The maximum absolute atomic E-state index is 13.4. The molecular weight excluding hydrogens is 470 g/mol. The lowest BCUT2D eigenvalue weighted by molar-refractivity contribution is -0.122. The molecule has 0 radical (unpaired) electrons. The minimum Gasteiger partial charge on any atom is -0.497 e. The average molecular weight is 498 g/mol. The van der Waals surface area contributed by atoms with Gasteiger partial charge >= 0.3 is 6.03 Å². The van der Waals surface area contributed by atoms with Crippen LogP contribution >= 0.6 is 11.6 Å². The number of hydrogen-bond donors (Lipinski definition) is 1. The largest absolute Gasteiger partial charge is 0.497 e. The number of urea groups is 1. The Balaban J connectivity index is 1.78. The highest BCUT2D eigenvalue weighted by Crippen LogP contribution is 2.44. The number of nitrogens with zero attached hydrogens (tertiary/aromatic N) is 2. The van der Waals surface area contributed by atoms with Crippen molar-refractivity contribution >= 4 is 46.9 Å². The number of carbonyl (C=O) groups is 3. The lowest BCUT2D eigenvalue weighted by Crippen LogP contribution is -2.54. The molecule has 1 atom stereocenters. The topological polar surface area (TPSA) is 88.2 Å². The van der Waals surface area contributed by atoms with Gasteiger partial charge in [-0.2, -0.15) is 0 Å². The Morgan fingerprint density at radius 1 is 1.09 bits per heavy atom. The number of fused-ring (bicyclic) bond motifs is 1.